The van der Waals surface area contributed by atoms with Crippen LogP contribution in [0.4, 0.5) is 11.6 Å². The van der Waals surface area contributed by atoms with Crippen molar-refractivity contribution in [3.63, 3.8) is 0 Å². The maximum absolute atomic E-state index is 11.6. The largest absolute Gasteiger partial charge is 0.493 e. The number of nitrogens with one attached hydrogen (secondary N) is 1. The number of nitrogens with zero attached hydrogens (tertiary/aromatic N) is 2. The van der Waals surface area contributed by atoms with Crippen molar-refractivity contribution in [3.05, 3.63) is 35.9 Å². The zero-order valence-corrected chi connectivity index (χ0v) is 20.6. The third-order valence-corrected chi connectivity index (χ3v) is 6.59. The number of ether oxygens (including phenoxy) is 3. The Labute approximate surface area is 199 Å². The van der Waals surface area contributed by atoms with E-state index >= 15 is 0 Å². The molecule has 182 valence electrons. The number of rotatable bonds is 7. The molecule has 1 aliphatic carbocycles. The molecule has 3 aromatic rings. The van der Waals surface area contributed by atoms with Crippen LogP contribution in [0.5, 0.6) is 17.2 Å². The van der Waals surface area contributed by atoms with Gasteiger partial charge in [-0.1, -0.05) is 20.8 Å². The third-order valence-electron chi connectivity index (χ3n) is 6.59. The highest BCUT2D eigenvalue weighted by molar-refractivity contribution is 5.93. The molecule has 34 heavy (non-hydrogen) atoms. The normalized spacial score (nSPS) is 19.6. The lowest BCUT2D eigenvalue weighted by atomic mass is 9.70. The molecule has 0 bridgehead atoms. The van der Waals surface area contributed by atoms with Crippen LogP contribution in [0.2, 0.25) is 0 Å². The van der Waals surface area contributed by atoms with E-state index in [4.69, 9.17) is 19.2 Å². The Balaban J connectivity index is 1.85. The van der Waals surface area contributed by atoms with E-state index in [1.165, 1.54) is 6.42 Å². The average molecular weight is 468 g/mol. The van der Waals surface area contributed by atoms with Crippen molar-refractivity contribution in [2.45, 2.75) is 46.1 Å². The van der Waals surface area contributed by atoms with Crippen molar-refractivity contribution in [3.8, 4) is 17.2 Å². The SMILES string of the molecule is COc1cc(Nc2nc3cc(C(=O)O)ccc3n2[C@@H]2C[C@H](C)CC(C)(C)C2)cc(OC)c1OC. The molecule has 1 heterocycles. The Hall–Kier alpha value is -3.42. The monoisotopic (exact) mass is 467 g/mol. The minimum absolute atomic E-state index is 0.198. The fraction of sp³-hybridized carbons (Fsp3) is 0.462. The Morgan fingerprint density at radius 2 is 1.76 bits per heavy atom. The molecule has 0 aliphatic heterocycles. The van der Waals surface area contributed by atoms with E-state index in [2.05, 4.69) is 30.7 Å². The molecule has 0 amide bonds. The maximum Gasteiger partial charge on any atom is 0.335 e. The van der Waals surface area contributed by atoms with Crippen LogP contribution in [0.15, 0.2) is 30.3 Å². The van der Waals surface area contributed by atoms with E-state index in [0.29, 0.717) is 34.6 Å². The van der Waals surface area contributed by atoms with Gasteiger partial charge in [0.2, 0.25) is 11.7 Å². The number of carboxylic acids is 1. The van der Waals surface area contributed by atoms with Gasteiger partial charge in [0.25, 0.3) is 0 Å². The summed E-state index contributed by atoms with van der Waals surface area (Å²) in [5, 5.41) is 12.9. The minimum Gasteiger partial charge on any atom is -0.493 e. The predicted molar refractivity (Wildman–Crippen MR) is 132 cm³/mol. The standard InChI is InChI=1S/C26H33N3O5/c1-15-9-18(14-26(2,3)13-15)29-20-8-7-16(24(30)31)10-19(20)28-25(29)27-17-11-21(32-4)23(34-6)22(12-17)33-5/h7-8,10-12,15,18H,9,13-14H2,1-6H3,(H,27,28)(H,30,31)/t15-,18+/m0/s1. The van der Waals surface area contributed by atoms with Gasteiger partial charge in [0.05, 0.1) is 37.9 Å². The van der Waals surface area contributed by atoms with E-state index in [-0.39, 0.29) is 17.0 Å². The molecule has 0 saturated heterocycles. The van der Waals surface area contributed by atoms with Gasteiger partial charge in [-0.2, -0.15) is 0 Å². The second-order valence-corrected chi connectivity index (χ2v) is 9.92. The van der Waals surface area contributed by atoms with E-state index < -0.39 is 5.97 Å². The number of aromatic nitrogens is 2. The van der Waals surface area contributed by atoms with Gasteiger partial charge >= 0.3 is 5.97 Å². The molecule has 8 nitrogen and oxygen atoms in total. The second-order valence-electron chi connectivity index (χ2n) is 9.92. The van der Waals surface area contributed by atoms with Crippen LogP contribution in [-0.4, -0.2) is 42.0 Å². The van der Waals surface area contributed by atoms with Crippen LogP contribution in [0.25, 0.3) is 11.0 Å². The number of benzene rings is 2. The number of methoxy groups -OCH3 is 3. The maximum atomic E-state index is 11.6. The summed E-state index contributed by atoms with van der Waals surface area (Å²) in [6, 6.07) is 9.03. The van der Waals surface area contributed by atoms with Crippen LogP contribution in [0, 0.1) is 11.3 Å². The average Bonchev–Trinajstić information content (AvgIpc) is 3.13. The number of fused-ring (bicyclic) bond motifs is 1. The fourth-order valence-electron chi connectivity index (χ4n) is 5.46. The molecule has 2 atom stereocenters. The number of carboxylic acid groups (broad SMARTS) is 1. The first-order valence-corrected chi connectivity index (χ1v) is 11.5. The van der Waals surface area contributed by atoms with Gasteiger partial charge < -0.3 is 29.2 Å². The van der Waals surface area contributed by atoms with Crippen molar-refractivity contribution in [1.82, 2.24) is 9.55 Å². The lowest BCUT2D eigenvalue weighted by Gasteiger charge is -2.40. The molecule has 4 rings (SSSR count). The Morgan fingerprint density at radius 3 is 2.32 bits per heavy atom. The smallest absolute Gasteiger partial charge is 0.335 e. The lowest BCUT2D eigenvalue weighted by Crippen LogP contribution is -2.29. The minimum atomic E-state index is -0.969. The molecule has 0 radical (unpaired) electrons. The summed E-state index contributed by atoms with van der Waals surface area (Å²) in [6.07, 6.45) is 3.21. The molecular weight excluding hydrogens is 434 g/mol. The van der Waals surface area contributed by atoms with Gasteiger partial charge in [0.1, 0.15) is 0 Å². The van der Waals surface area contributed by atoms with Crippen LogP contribution >= 0.6 is 0 Å². The van der Waals surface area contributed by atoms with Crippen molar-refractivity contribution in [1.29, 1.82) is 0 Å². The molecule has 1 fully saturated rings. The summed E-state index contributed by atoms with van der Waals surface area (Å²) in [5.41, 5.74) is 2.70. The summed E-state index contributed by atoms with van der Waals surface area (Å²) in [4.78, 5) is 16.4. The molecule has 0 spiro atoms. The topological polar surface area (TPSA) is 94.8 Å². The molecule has 1 saturated carbocycles. The molecule has 2 aromatic carbocycles. The summed E-state index contributed by atoms with van der Waals surface area (Å²) in [7, 11) is 4.73. The van der Waals surface area contributed by atoms with Crippen molar-refractivity contribution < 1.29 is 24.1 Å². The first-order chi connectivity index (χ1) is 16.2. The molecule has 1 aliphatic rings. The Morgan fingerprint density at radius 1 is 1.09 bits per heavy atom. The van der Waals surface area contributed by atoms with E-state index in [9.17, 15) is 9.90 Å². The lowest BCUT2D eigenvalue weighted by molar-refractivity contribution is 0.0697. The zero-order valence-electron chi connectivity index (χ0n) is 20.6. The third kappa shape index (κ3) is 4.49. The predicted octanol–water partition coefficient (Wildman–Crippen LogP) is 5.89. The van der Waals surface area contributed by atoms with Crippen LogP contribution in [0.1, 0.15) is 56.4 Å². The van der Waals surface area contributed by atoms with Crippen molar-refractivity contribution >= 4 is 28.6 Å². The van der Waals surface area contributed by atoms with Gasteiger partial charge in [-0.15, -0.1) is 0 Å². The summed E-state index contributed by atoms with van der Waals surface area (Å²) in [6.45, 7) is 6.91. The van der Waals surface area contributed by atoms with Gasteiger partial charge in [0.15, 0.2) is 11.5 Å². The Kier molecular flexibility index (Phi) is 6.34. The summed E-state index contributed by atoms with van der Waals surface area (Å²) in [5.74, 6) is 1.83. The molecule has 8 heteroatoms. The highest BCUT2D eigenvalue weighted by atomic mass is 16.5. The van der Waals surface area contributed by atoms with E-state index in [0.717, 1.165) is 24.0 Å². The van der Waals surface area contributed by atoms with Crippen LogP contribution in [0.3, 0.4) is 0 Å². The first kappa shape index (κ1) is 23.7. The van der Waals surface area contributed by atoms with E-state index in [1.807, 2.05) is 18.2 Å². The highest BCUT2D eigenvalue weighted by Crippen LogP contribution is 2.46. The molecule has 0 unspecified atom stereocenters. The summed E-state index contributed by atoms with van der Waals surface area (Å²) >= 11 is 0. The van der Waals surface area contributed by atoms with Gasteiger partial charge in [0, 0.05) is 23.9 Å². The molecular formula is C26H33N3O5. The number of hydrogen-bond acceptors (Lipinski definition) is 6. The van der Waals surface area contributed by atoms with Gasteiger partial charge in [-0.25, -0.2) is 9.78 Å². The quantitative estimate of drug-likeness (QED) is 0.447. The second kappa shape index (κ2) is 9.08. The number of aromatic carboxylic acids is 1. The van der Waals surface area contributed by atoms with Gasteiger partial charge in [-0.05, 0) is 48.8 Å². The number of carbonyl (C=O) groups is 1. The van der Waals surface area contributed by atoms with Gasteiger partial charge in [-0.3, -0.25) is 0 Å². The summed E-state index contributed by atoms with van der Waals surface area (Å²) < 4.78 is 18.7. The fourth-order valence-corrected chi connectivity index (χ4v) is 5.46. The molecule has 1 aromatic heterocycles. The van der Waals surface area contributed by atoms with Crippen LogP contribution in [-0.2, 0) is 0 Å². The molecule has 2 N–H and O–H groups in total. The van der Waals surface area contributed by atoms with E-state index in [1.54, 1.807) is 33.5 Å². The zero-order chi connectivity index (χ0) is 24.6. The van der Waals surface area contributed by atoms with Crippen molar-refractivity contribution in [2.75, 3.05) is 26.6 Å². The number of imidazole rings is 1. The number of hydrogen-bond donors (Lipinski definition) is 2. The van der Waals surface area contributed by atoms with Crippen molar-refractivity contribution in [2.24, 2.45) is 11.3 Å². The highest BCUT2D eigenvalue weighted by Gasteiger charge is 2.34. The first-order valence-electron chi connectivity index (χ1n) is 11.5. The van der Waals surface area contributed by atoms with Crippen LogP contribution < -0.4 is 19.5 Å². The Bertz CT molecular complexity index is 1190. The number of anilines is 2.